The van der Waals surface area contributed by atoms with Crippen LogP contribution in [0.5, 0.6) is 0 Å². The Bertz CT molecular complexity index is 351. The van der Waals surface area contributed by atoms with Crippen LogP contribution in [0.2, 0.25) is 0 Å². The maximum absolute atomic E-state index is 12.1. The number of hydrogen-bond donors (Lipinski definition) is 1. The molecule has 0 spiro atoms. The smallest absolute Gasteiger partial charge is 0.301 e. The summed E-state index contributed by atoms with van der Waals surface area (Å²) in [7, 11) is 0. The number of benzene rings is 1. The van der Waals surface area contributed by atoms with Crippen molar-refractivity contribution in [3.8, 4) is 0 Å². The molecule has 0 aliphatic rings. The Morgan fingerprint density at radius 1 is 1.22 bits per heavy atom. The molecule has 1 aromatic rings. The predicted octanol–water partition coefficient (Wildman–Crippen LogP) is 3.98. The Labute approximate surface area is 109 Å². The van der Waals surface area contributed by atoms with Crippen molar-refractivity contribution in [1.29, 1.82) is 0 Å². The third-order valence-corrected chi connectivity index (χ3v) is 2.69. The van der Waals surface area contributed by atoms with Crippen LogP contribution in [-0.4, -0.2) is 12.1 Å². The Hall–Kier alpha value is -0.720. The van der Waals surface area contributed by atoms with Crippen LogP contribution in [0.3, 0.4) is 0 Å². The summed E-state index contributed by atoms with van der Waals surface area (Å²) in [6, 6.07) is 6.22. The molecule has 0 fully saturated rings. The number of thioether (sulfide) groups is 1. The third kappa shape index (κ3) is 6.88. The Morgan fingerprint density at radius 3 is 2.33 bits per heavy atom. The summed E-state index contributed by atoms with van der Waals surface area (Å²) in [5.41, 5.74) is -0.584. The molecule has 0 aromatic heterocycles. The van der Waals surface area contributed by atoms with Crippen molar-refractivity contribution in [3.05, 3.63) is 29.8 Å². The molecule has 0 aliphatic heterocycles. The van der Waals surface area contributed by atoms with Crippen LogP contribution in [0, 0.1) is 5.92 Å². The fraction of sp³-hybridized carbons (Fsp3) is 0.500. The van der Waals surface area contributed by atoms with Crippen molar-refractivity contribution in [2.45, 2.75) is 30.8 Å². The van der Waals surface area contributed by atoms with Crippen LogP contribution in [0.15, 0.2) is 29.2 Å². The summed E-state index contributed by atoms with van der Waals surface area (Å²) in [6.45, 7) is 5.14. The van der Waals surface area contributed by atoms with E-state index in [4.69, 9.17) is 4.84 Å². The molecular formula is C12H16F3NOS. The Kier molecular flexibility index (Phi) is 5.98. The number of hydroxylamine groups is 1. The van der Waals surface area contributed by atoms with Crippen molar-refractivity contribution in [2.75, 3.05) is 6.61 Å². The number of rotatable bonds is 6. The van der Waals surface area contributed by atoms with Gasteiger partial charge >= 0.3 is 5.51 Å². The molecule has 1 aromatic carbocycles. The molecule has 0 atom stereocenters. The van der Waals surface area contributed by atoms with Gasteiger partial charge in [-0.2, -0.15) is 18.7 Å². The lowest BCUT2D eigenvalue weighted by Gasteiger charge is -2.09. The lowest BCUT2D eigenvalue weighted by Crippen LogP contribution is -2.17. The average molecular weight is 279 g/mol. The Balaban J connectivity index is 2.36. The van der Waals surface area contributed by atoms with E-state index in [2.05, 4.69) is 5.48 Å². The molecule has 0 unspecified atom stereocenters. The van der Waals surface area contributed by atoms with Gasteiger partial charge in [-0.25, -0.2) is 0 Å². The second kappa shape index (κ2) is 7.01. The first-order valence-electron chi connectivity index (χ1n) is 5.56. The van der Waals surface area contributed by atoms with E-state index in [-0.39, 0.29) is 16.7 Å². The van der Waals surface area contributed by atoms with Gasteiger partial charge in [0.2, 0.25) is 0 Å². The highest BCUT2D eigenvalue weighted by Gasteiger charge is 2.28. The minimum Gasteiger partial charge on any atom is -0.301 e. The van der Waals surface area contributed by atoms with Crippen LogP contribution in [-0.2, 0) is 11.4 Å². The summed E-state index contributed by atoms with van der Waals surface area (Å²) in [5.74, 6) is 0.433. The minimum atomic E-state index is -4.24. The van der Waals surface area contributed by atoms with Crippen molar-refractivity contribution in [3.63, 3.8) is 0 Å². The highest BCUT2D eigenvalue weighted by atomic mass is 32.2. The van der Waals surface area contributed by atoms with Gasteiger partial charge in [0, 0.05) is 11.4 Å². The van der Waals surface area contributed by atoms with E-state index in [0.29, 0.717) is 19.1 Å². The van der Waals surface area contributed by atoms with E-state index < -0.39 is 5.51 Å². The van der Waals surface area contributed by atoms with E-state index in [9.17, 15) is 13.2 Å². The molecule has 0 aliphatic carbocycles. The van der Waals surface area contributed by atoms with E-state index in [1.165, 1.54) is 12.1 Å². The SMILES string of the molecule is CC(C)CONCc1ccc(SC(F)(F)F)cc1. The topological polar surface area (TPSA) is 21.3 Å². The quantitative estimate of drug-likeness (QED) is 0.483. The average Bonchev–Trinajstić information content (AvgIpc) is 2.24. The minimum absolute atomic E-state index is 0.110. The van der Waals surface area contributed by atoms with E-state index in [1.54, 1.807) is 12.1 Å². The summed E-state index contributed by atoms with van der Waals surface area (Å²) in [4.78, 5) is 5.36. The van der Waals surface area contributed by atoms with Crippen molar-refractivity contribution in [2.24, 2.45) is 5.92 Å². The van der Waals surface area contributed by atoms with Gasteiger partial charge in [-0.05, 0) is 35.4 Å². The maximum atomic E-state index is 12.1. The second-order valence-corrected chi connectivity index (χ2v) is 5.36. The van der Waals surface area contributed by atoms with Gasteiger partial charge in [-0.3, -0.25) is 0 Å². The molecule has 6 heteroatoms. The fourth-order valence-electron chi connectivity index (χ4n) is 1.17. The number of nitrogens with one attached hydrogen (secondary N) is 1. The molecule has 1 rings (SSSR count). The van der Waals surface area contributed by atoms with Gasteiger partial charge in [0.05, 0.1) is 6.61 Å². The van der Waals surface area contributed by atoms with Crippen LogP contribution < -0.4 is 5.48 Å². The van der Waals surface area contributed by atoms with Crippen molar-refractivity contribution in [1.82, 2.24) is 5.48 Å². The molecule has 1 N–H and O–H groups in total. The molecule has 0 saturated heterocycles. The second-order valence-electron chi connectivity index (χ2n) is 4.22. The molecule has 0 saturated carbocycles. The highest BCUT2D eigenvalue weighted by Crippen LogP contribution is 2.36. The van der Waals surface area contributed by atoms with Crippen LogP contribution in [0.1, 0.15) is 19.4 Å². The number of alkyl halides is 3. The van der Waals surface area contributed by atoms with Gasteiger partial charge in [0.25, 0.3) is 0 Å². The highest BCUT2D eigenvalue weighted by molar-refractivity contribution is 8.00. The zero-order valence-corrected chi connectivity index (χ0v) is 11.1. The lowest BCUT2D eigenvalue weighted by atomic mass is 10.2. The summed E-state index contributed by atoms with van der Waals surface area (Å²) < 4.78 is 36.3. The molecule has 2 nitrogen and oxygen atoms in total. The normalized spacial score (nSPS) is 12.1. The first-order valence-corrected chi connectivity index (χ1v) is 6.38. The van der Waals surface area contributed by atoms with Gasteiger partial charge in [-0.15, -0.1) is 0 Å². The molecular weight excluding hydrogens is 263 g/mol. The monoisotopic (exact) mass is 279 g/mol. The van der Waals surface area contributed by atoms with Gasteiger partial charge in [0.1, 0.15) is 0 Å². The number of hydrogen-bond acceptors (Lipinski definition) is 3. The molecule has 18 heavy (non-hydrogen) atoms. The zero-order chi connectivity index (χ0) is 13.6. The van der Waals surface area contributed by atoms with E-state index in [1.807, 2.05) is 13.8 Å². The molecule has 0 heterocycles. The van der Waals surface area contributed by atoms with E-state index >= 15 is 0 Å². The first-order chi connectivity index (χ1) is 8.37. The molecule has 0 radical (unpaired) electrons. The predicted molar refractivity (Wildman–Crippen MR) is 66.0 cm³/mol. The van der Waals surface area contributed by atoms with Crippen LogP contribution in [0.25, 0.3) is 0 Å². The summed E-state index contributed by atoms with van der Waals surface area (Å²) in [5, 5.41) is 0. The van der Waals surface area contributed by atoms with Crippen molar-refractivity contribution >= 4 is 11.8 Å². The third-order valence-electron chi connectivity index (χ3n) is 1.95. The van der Waals surface area contributed by atoms with Crippen LogP contribution in [0.4, 0.5) is 13.2 Å². The van der Waals surface area contributed by atoms with Crippen molar-refractivity contribution < 1.29 is 18.0 Å². The largest absolute Gasteiger partial charge is 0.446 e. The maximum Gasteiger partial charge on any atom is 0.446 e. The lowest BCUT2D eigenvalue weighted by molar-refractivity contribution is -0.0328. The molecule has 0 amide bonds. The Morgan fingerprint density at radius 2 is 1.83 bits per heavy atom. The zero-order valence-electron chi connectivity index (χ0n) is 10.3. The number of halogens is 3. The van der Waals surface area contributed by atoms with Gasteiger partial charge in [-0.1, -0.05) is 26.0 Å². The molecule has 0 bridgehead atoms. The standard InChI is InChI=1S/C12H16F3NOS/c1-9(2)8-17-16-7-10-3-5-11(6-4-10)18-12(13,14)15/h3-6,9,16H,7-8H2,1-2H3. The van der Waals surface area contributed by atoms with Gasteiger partial charge in [0.15, 0.2) is 0 Å². The van der Waals surface area contributed by atoms with E-state index in [0.717, 1.165) is 5.56 Å². The fourth-order valence-corrected chi connectivity index (χ4v) is 1.71. The van der Waals surface area contributed by atoms with Gasteiger partial charge < -0.3 is 4.84 Å². The van der Waals surface area contributed by atoms with Crippen LogP contribution >= 0.6 is 11.8 Å². The summed E-state index contributed by atoms with van der Waals surface area (Å²) in [6.07, 6.45) is 0. The molecule has 102 valence electrons. The summed E-state index contributed by atoms with van der Waals surface area (Å²) >= 11 is -0.110. The first kappa shape index (κ1) is 15.3.